The Labute approximate surface area is 266 Å². The fraction of sp³-hybridized carbons (Fsp3) is 0.171. The van der Waals surface area contributed by atoms with Crippen molar-refractivity contribution in [2.45, 2.75) is 24.7 Å². The normalized spacial score (nSPS) is 12.8. The van der Waals surface area contributed by atoms with Gasteiger partial charge in [-0.2, -0.15) is 8.42 Å². The lowest BCUT2D eigenvalue weighted by Crippen LogP contribution is -2.35. The molecular formula is C35H31N3O7S. The van der Waals surface area contributed by atoms with Gasteiger partial charge in [-0.3, -0.25) is 19.3 Å². The summed E-state index contributed by atoms with van der Waals surface area (Å²) in [5.74, 6) is -0.562. The number of methoxy groups -OCH3 is 2. The van der Waals surface area contributed by atoms with Crippen LogP contribution in [0.4, 0.5) is 0 Å². The lowest BCUT2D eigenvalue weighted by atomic mass is 9.99. The maximum Gasteiger partial charge on any atom is 0.275 e. The molecule has 0 saturated carbocycles. The average molecular weight is 638 g/mol. The molecule has 2 amide bonds. The number of ketones is 1. The fourth-order valence-electron chi connectivity index (χ4n) is 5.72. The number of nitrogens with one attached hydrogen (secondary N) is 1. The zero-order chi connectivity index (χ0) is 32.6. The summed E-state index contributed by atoms with van der Waals surface area (Å²) in [6, 6.07) is 25.8. The molecule has 4 aromatic carbocycles. The zero-order valence-electron chi connectivity index (χ0n) is 25.4. The Balaban J connectivity index is 1.44. The quantitative estimate of drug-likeness (QED) is 0.193. The first kappa shape index (κ1) is 30.6. The van der Waals surface area contributed by atoms with Crippen molar-refractivity contribution in [2.24, 2.45) is 0 Å². The summed E-state index contributed by atoms with van der Waals surface area (Å²) in [7, 11) is -1.09. The number of rotatable bonds is 11. The van der Waals surface area contributed by atoms with Crippen molar-refractivity contribution in [3.05, 3.63) is 113 Å². The minimum Gasteiger partial charge on any atom is -0.493 e. The summed E-state index contributed by atoms with van der Waals surface area (Å²) in [5, 5.41) is 0.665. The number of Topliss-reactive ketones (excluding diaryl/α,β-unsaturated/α-hetero) is 1. The van der Waals surface area contributed by atoms with Gasteiger partial charge in [0.15, 0.2) is 17.3 Å². The highest BCUT2D eigenvalue weighted by atomic mass is 32.2. The molecule has 0 unspecified atom stereocenters. The predicted octanol–water partition coefficient (Wildman–Crippen LogP) is 5.36. The first-order valence-electron chi connectivity index (χ1n) is 14.5. The maximum atomic E-state index is 13.7. The molecule has 1 aliphatic heterocycles. The molecule has 1 N–H and O–H groups in total. The SMILES string of the molecule is COc1cc2c(-c3ccccc3)c(CCC(=O)CN3C(=O)c4ccccc4C3=O)n(NS(=O)(=O)c3ccc(C)cc3)c2cc1OC. The number of aryl methyl sites for hydroxylation is 1. The van der Waals surface area contributed by atoms with Gasteiger partial charge in [0.05, 0.1) is 48.0 Å². The van der Waals surface area contributed by atoms with Crippen molar-refractivity contribution < 1.29 is 32.3 Å². The minimum atomic E-state index is -4.09. The van der Waals surface area contributed by atoms with Crippen LogP contribution in [0.15, 0.2) is 95.9 Å². The molecule has 0 fully saturated rings. The molecule has 11 heteroatoms. The van der Waals surface area contributed by atoms with E-state index in [9.17, 15) is 22.8 Å². The Kier molecular flexibility index (Phi) is 8.09. The predicted molar refractivity (Wildman–Crippen MR) is 173 cm³/mol. The van der Waals surface area contributed by atoms with Crippen LogP contribution in [-0.2, 0) is 21.2 Å². The van der Waals surface area contributed by atoms with E-state index in [1.807, 2.05) is 37.3 Å². The Hall–Kier alpha value is -5.42. The highest BCUT2D eigenvalue weighted by Crippen LogP contribution is 2.41. The van der Waals surface area contributed by atoms with E-state index in [0.717, 1.165) is 16.0 Å². The number of carbonyl (C=O) groups is 3. The van der Waals surface area contributed by atoms with E-state index < -0.39 is 28.4 Å². The van der Waals surface area contributed by atoms with Crippen molar-refractivity contribution in [1.82, 2.24) is 9.58 Å². The Bertz CT molecular complexity index is 2070. The standard InChI is InChI=1S/C35H31N3O7S/c1-22-13-16-25(17-14-22)46(42,43)36-38-29(18-15-24(39)21-37-34(40)26-11-7-8-12-27(26)35(37)41)33(23-9-5-4-6-10-23)28-19-31(44-2)32(45-3)20-30(28)38/h4-14,16-17,19-20,36H,15,18,21H2,1-3H3. The van der Waals surface area contributed by atoms with Crippen molar-refractivity contribution in [2.75, 3.05) is 25.6 Å². The van der Waals surface area contributed by atoms with Gasteiger partial charge in [0.25, 0.3) is 21.8 Å². The monoisotopic (exact) mass is 637 g/mol. The number of benzene rings is 4. The number of nitrogens with zero attached hydrogens (tertiary/aromatic N) is 2. The molecule has 1 aliphatic rings. The second-order valence-electron chi connectivity index (χ2n) is 10.9. The van der Waals surface area contributed by atoms with Crippen LogP contribution in [0.2, 0.25) is 0 Å². The third-order valence-electron chi connectivity index (χ3n) is 8.03. The summed E-state index contributed by atoms with van der Waals surface area (Å²) in [4.78, 5) is 43.0. The molecule has 0 radical (unpaired) electrons. The van der Waals surface area contributed by atoms with Crippen LogP contribution in [0.3, 0.4) is 0 Å². The van der Waals surface area contributed by atoms with Gasteiger partial charge in [-0.05, 0) is 49.2 Å². The topological polar surface area (TPSA) is 124 Å². The largest absolute Gasteiger partial charge is 0.493 e. The Morgan fingerprint density at radius 3 is 2.00 bits per heavy atom. The van der Waals surface area contributed by atoms with Crippen LogP contribution in [0.5, 0.6) is 11.5 Å². The van der Waals surface area contributed by atoms with Gasteiger partial charge in [-0.25, -0.2) is 9.51 Å². The summed E-state index contributed by atoms with van der Waals surface area (Å²) in [6.07, 6.45) is 0.00600. The smallest absolute Gasteiger partial charge is 0.275 e. The summed E-state index contributed by atoms with van der Waals surface area (Å²) >= 11 is 0. The minimum absolute atomic E-state index is 0.0642. The van der Waals surface area contributed by atoms with E-state index in [0.29, 0.717) is 33.7 Å². The first-order valence-corrected chi connectivity index (χ1v) is 16.0. The summed E-state index contributed by atoms with van der Waals surface area (Å²) in [6.45, 7) is 1.47. The molecule has 0 aliphatic carbocycles. The van der Waals surface area contributed by atoms with Gasteiger partial charge in [-0.1, -0.05) is 60.2 Å². The number of fused-ring (bicyclic) bond motifs is 2. The van der Waals surface area contributed by atoms with E-state index in [4.69, 9.17) is 9.47 Å². The number of aromatic nitrogens is 1. The van der Waals surface area contributed by atoms with Gasteiger partial charge in [-0.15, -0.1) is 0 Å². The van der Waals surface area contributed by atoms with E-state index in [1.54, 1.807) is 48.5 Å². The van der Waals surface area contributed by atoms with Crippen LogP contribution < -0.4 is 14.3 Å². The van der Waals surface area contributed by atoms with Crippen molar-refractivity contribution >= 4 is 38.5 Å². The second kappa shape index (κ2) is 12.2. The van der Waals surface area contributed by atoms with Gasteiger partial charge < -0.3 is 9.47 Å². The number of hydrogen-bond acceptors (Lipinski definition) is 7. The molecule has 1 aromatic heterocycles. The van der Waals surface area contributed by atoms with Crippen molar-refractivity contribution in [3.8, 4) is 22.6 Å². The van der Waals surface area contributed by atoms with Crippen LogP contribution in [0.1, 0.15) is 38.4 Å². The van der Waals surface area contributed by atoms with Gasteiger partial charge in [0.1, 0.15) is 0 Å². The van der Waals surface area contributed by atoms with E-state index in [2.05, 4.69) is 4.83 Å². The number of ether oxygens (including phenoxy) is 2. The number of sulfonamides is 1. The van der Waals surface area contributed by atoms with E-state index in [1.165, 1.54) is 31.0 Å². The van der Waals surface area contributed by atoms with Crippen molar-refractivity contribution in [3.63, 3.8) is 0 Å². The fourth-order valence-corrected chi connectivity index (χ4v) is 6.77. The molecule has 0 atom stereocenters. The number of amides is 2. The van der Waals surface area contributed by atoms with Gasteiger partial charge in [0, 0.05) is 23.4 Å². The van der Waals surface area contributed by atoms with Gasteiger partial charge >= 0.3 is 0 Å². The molecule has 234 valence electrons. The highest BCUT2D eigenvalue weighted by Gasteiger charge is 2.36. The van der Waals surface area contributed by atoms with Crippen LogP contribution in [0, 0.1) is 6.92 Å². The molecule has 0 bridgehead atoms. The van der Waals surface area contributed by atoms with E-state index in [-0.39, 0.29) is 34.6 Å². The molecular weight excluding hydrogens is 606 g/mol. The molecule has 0 saturated heterocycles. The zero-order valence-corrected chi connectivity index (χ0v) is 26.3. The van der Waals surface area contributed by atoms with Crippen LogP contribution >= 0.6 is 0 Å². The Morgan fingerprint density at radius 1 is 0.804 bits per heavy atom. The molecule has 0 spiro atoms. The Morgan fingerprint density at radius 2 is 1.39 bits per heavy atom. The first-order chi connectivity index (χ1) is 22.1. The molecule has 6 rings (SSSR count). The maximum absolute atomic E-state index is 13.7. The molecule has 5 aromatic rings. The third-order valence-corrected chi connectivity index (χ3v) is 9.34. The summed E-state index contributed by atoms with van der Waals surface area (Å²) in [5.41, 5.74) is 3.90. The third kappa shape index (κ3) is 5.49. The molecule has 46 heavy (non-hydrogen) atoms. The van der Waals surface area contributed by atoms with Crippen molar-refractivity contribution in [1.29, 1.82) is 0 Å². The molecule has 2 heterocycles. The summed E-state index contributed by atoms with van der Waals surface area (Å²) < 4.78 is 40.1. The van der Waals surface area contributed by atoms with Crippen LogP contribution in [-0.4, -0.2) is 56.4 Å². The average Bonchev–Trinajstić information content (AvgIpc) is 3.48. The number of hydrogen-bond donors (Lipinski definition) is 1. The highest BCUT2D eigenvalue weighted by molar-refractivity contribution is 7.92. The lowest BCUT2D eigenvalue weighted by molar-refractivity contribution is -0.119. The van der Waals surface area contributed by atoms with E-state index >= 15 is 0 Å². The number of carbonyl (C=O) groups excluding carboxylic acids is 3. The lowest BCUT2D eigenvalue weighted by Gasteiger charge is -2.17. The van der Waals surface area contributed by atoms with Gasteiger partial charge in [0.2, 0.25) is 0 Å². The molecule has 10 nitrogen and oxygen atoms in total. The number of imide groups is 1. The second-order valence-corrected chi connectivity index (χ2v) is 12.6. The van der Waals surface area contributed by atoms with Crippen LogP contribution in [0.25, 0.3) is 22.0 Å².